The van der Waals surface area contributed by atoms with Crippen LogP contribution in [0.15, 0.2) is 59.8 Å². The van der Waals surface area contributed by atoms with Gasteiger partial charge in [-0.1, -0.05) is 59.8 Å². The van der Waals surface area contributed by atoms with Gasteiger partial charge in [0.15, 0.2) is 0 Å². The molecule has 3 N–H and O–H groups in total. The van der Waals surface area contributed by atoms with Gasteiger partial charge in [-0.15, -0.1) is 0 Å². The lowest BCUT2D eigenvalue weighted by atomic mass is 9.74. The molecule has 0 fully saturated rings. The average Bonchev–Trinajstić information content (AvgIpc) is 2.91. The van der Waals surface area contributed by atoms with Crippen LogP contribution in [0.2, 0.25) is 0 Å². The van der Waals surface area contributed by atoms with Gasteiger partial charge in [-0.3, -0.25) is 0 Å². The molecule has 0 radical (unpaired) electrons. The maximum atomic E-state index is 9.37. The highest BCUT2D eigenvalue weighted by atomic mass is 16.4. The number of aryl methyl sites for hydroxylation is 1. The Kier molecular flexibility index (Phi) is 4.77. The lowest BCUT2D eigenvalue weighted by molar-refractivity contribution is 0.314. The van der Waals surface area contributed by atoms with E-state index in [1.807, 2.05) is 6.07 Å². The smallest absolute Gasteiger partial charge is 0.0879 e. The van der Waals surface area contributed by atoms with Crippen LogP contribution in [0.1, 0.15) is 42.4 Å². The van der Waals surface area contributed by atoms with Gasteiger partial charge < -0.3 is 10.9 Å². The molecule has 0 saturated carbocycles. The average molecular weight is 308 g/mol. The van der Waals surface area contributed by atoms with E-state index in [4.69, 9.17) is 5.73 Å². The van der Waals surface area contributed by atoms with E-state index in [0.29, 0.717) is 6.54 Å². The molecule has 23 heavy (non-hydrogen) atoms. The van der Waals surface area contributed by atoms with Crippen LogP contribution in [-0.2, 0) is 11.8 Å². The van der Waals surface area contributed by atoms with E-state index >= 15 is 0 Å². The summed E-state index contributed by atoms with van der Waals surface area (Å²) >= 11 is 0. The van der Waals surface area contributed by atoms with Crippen LogP contribution >= 0.6 is 0 Å². The fraction of sp³-hybridized carbons (Fsp3) is 0.350. The molecule has 0 heterocycles. The molecule has 120 valence electrons. The van der Waals surface area contributed by atoms with Crippen LogP contribution in [0.4, 0.5) is 0 Å². The van der Waals surface area contributed by atoms with Crippen LogP contribution in [0.25, 0.3) is 0 Å². The Morgan fingerprint density at radius 2 is 1.74 bits per heavy atom. The summed E-state index contributed by atoms with van der Waals surface area (Å²) in [6.45, 7) is 0.651. The van der Waals surface area contributed by atoms with E-state index in [1.54, 1.807) is 0 Å². The summed E-state index contributed by atoms with van der Waals surface area (Å²) in [6.07, 6.45) is 4.96. The SMILES string of the molecule is NCCC1(CCCc2ccccc2)C/C(=N/O)c2ccccc21. The van der Waals surface area contributed by atoms with Gasteiger partial charge in [-0.05, 0) is 43.4 Å². The maximum Gasteiger partial charge on any atom is 0.0879 e. The van der Waals surface area contributed by atoms with Crippen LogP contribution in [0, 0.1) is 0 Å². The normalized spacial score (nSPS) is 21.5. The first-order valence-corrected chi connectivity index (χ1v) is 8.34. The molecule has 2 aromatic rings. The van der Waals surface area contributed by atoms with Gasteiger partial charge in [-0.2, -0.15) is 0 Å². The Morgan fingerprint density at radius 1 is 1.00 bits per heavy atom. The molecular weight excluding hydrogens is 284 g/mol. The quantitative estimate of drug-likeness (QED) is 0.628. The summed E-state index contributed by atoms with van der Waals surface area (Å²) in [5, 5.41) is 12.9. The molecule has 1 atom stereocenters. The van der Waals surface area contributed by atoms with Crippen LogP contribution in [0.3, 0.4) is 0 Å². The number of nitrogens with zero attached hydrogens (tertiary/aromatic N) is 1. The molecule has 3 rings (SSSR count). The first kappa shape index (κ1) is 15.8. The molecule has 3 heteroatoms. The van der Waals surface area contributed by atoms with Crippen molar-refractivity contribution in [2.24, 2.45) is 10.9 Å². The third-order valence-electron chi connectivity index (χ3n) is 5.02. The number of hydrogen-bond donors (Lipinski definition) is 2. The monoisotopic (exact) mass is 308 g/mol. The predicted molar refractivity (Wildman–Crippen MR) is 94.1 cm³/mol. The zero-order valence-corrected chi connectivity index (χ0v) is 13.4. The molecule has 0 aromatic heterocycles. The van der Waals surface area contributed by atoms with E-state index in [-0.39, 0.29) is 5.41 Å². The van der Waals surface area contributed by atoms with Gasteiger partial charge in [0, 0.05) is 17.4 Å². The Labute approximate surface area is 137 Å². The fourth-order valence-corrected chi connectivity index (χ4v) is 3.92. The second-order valence-electron chi connectivity index (χ2n) is 6.43. The van der Waals surface area contributed by atoms with Crippen molar-refractivity contribution < 1.29 is 5.21 Å². The van der Waals surface area contributed by atoms with E-state index in [2.05, 4.69) is 53.7 Å². The minimum Gasteiger partial charge on any atom is -0.411 e. The van der Waals surface area contributed by atoms with Crippen LogP contribution in [0.5, 0.6) is 0 Å². The van der Waals surface area contributed by atoms with Crippen molar-refractivity contribution >= 4 is 5.71 Å². The van der Waals surface area contributed by atoms with E-state index in [1.165, 1.54) is 11.1 Å². The van der Waals surface area contributed by atoms with Crippen molar-refractivity contribution in [2.45, 2.75) is 37.5 Å². The second-order valence-corrected chi connectivity index (χ2v) is 6.43. The molecule has 1 aliphatic rings. The van der Waals surface area contributed by atoms with Gasteiger partial charge in [-0.25, -0.2) is 0 Å². The molecule has 0 saturated heterocycles. The third-order valence-corrected chi connectivity index (χ3v) is 5.02. The largest absolute Gasteiger partial charge is 0.411 e. The molecular formula is C20H24N2O. The molecule has 3 nitrogen and oxygen atoms in total. The highest BCUT2D eigenvalue weighted by molar-refractivity contribution is 6.05. The first-order valence-electron chi connectivity index (χ1n) is 8.34. The van der Waals surface area contributed by atoms with Crippen LogP contribution < -0.4 is 5.73 Å². The van der Waals surface area contributed by atoms with E-state index < -0.39 is 0 Å². The summed E-state index contributed by atoms with van der Waals surface area (Å²) in [6, 6.07) is 18.9. The summed E-state index contributed by atoms with van der Waals surface area (Å²) in [5.74, 6) is 0. The standard InChI is InChI=1S/C20H24N2O/c21-14-13-20(12-6-9-16-7-2-1-3-8-16)15-19(22-23)17-10-4-5-11-18(17)20/h1-5,7-8,10-11,23H,6,9,12-15,21H2/b22-19-. The van der Waals surface area contributed by atoms with Crippen LogP contribution in [-0.4, -0.2) is 17.5 Å². The van der Waals surface area contributed by atoms with Gasteiger partial charge in [0.25, 0.3) is 0 Å². The Hall–Kier alpha value is -2.13. The van der Waals surface area contributed by atoms with Gasteiger partial charge in [0.05, 0.1) is 5.71 Å². The molecule has 1 unspecified atom stereocenters. The number of oxime groups is 1. The summed E-state index contributed by atoms with van der Waals surface area (Å²) < 4.78 is 0. The Morgan fingerprint density at radius 3 is 2.48 bits per heavy atom. The molecule has 0 amide bonds. The van der Waals surface area contributed by atoms with E-state index in [9.17, 15) is 5.21 Å². The Bertz CT molecular complexity index is 681. The highest BCUT2D eigenvalue weighted by Gasteiger charge is 2.41. The molecule has 0 spiro atoms. The van der Waals surface area contributed by atoms with Crippen molar-refractivity contribution in [3.8, 4) is 0 Å². The molecule has 0 bridgehead atoms. The Balaban J connectivity index is 1.81. The molecule has 2 aromatic carbocycles. The zero-order valence-electron chi connectivity index (χ0n) is 13.4. The molecule has 0 aliphatic heterocycles. The lowest BCUT2D eigenvalue weighted by Gasteiger charge is -2.30. The maximum absolute atomic E-state index is 9.37. The minimum absolute atomic E-state index is 0.0156. The zero-order chi connectivity index (χ0) is 16.1. The van der Waals surface area contributed by atoms with Crippen molar-refractivity contribution in [1.29, 1.82) is 0 Å². The number of fused-ring (bicyclic) bond motifs is 1. The predicted octanol–water partition coefficient (Wildman–Crippen LogP) is 3.88. The minimum atomic E-state index is 0.0156. The number of benzene rings is 2. The van der Waals surface area contributed by atoms with Crippen molar-refractivity contribution in [1.82, 2.24) is 0 Å². The summed E-state index contributed by atoms with van der Waals surface area (Å²) in [7, 11) is 0. The van der Waals surface area contributed by atoms with Crippen molar-refractivity contribution in [2.75, 3.05) is 6.54 Å². The third kappa shape index (κ3) is 3.15. The summed E-state index contributed by atoms with van der Waals surface area (Å²) in [4.78, 5) is 0. The van der Waals surface area contributed by atoms with Gasteiger partial charge in [0.1, 0.15) is 0 Å². The lowest BCUT2D eigenvalue weighted by Crippen LogP contribution is -2.27. The van der Waals surface area contributed by atoms with Crippen molar-refractivity contribution in [3.05, 3.63) is 71.3 Å². The summed E-state index contributed by atoms with van der Waals surface area (Å²) in [5.41, 5.74) is 10.5. The number of rotatable bonds is 6. The van der Waals surface area contributed by atoms with Crippen molar-refractivity contribution in [3.63, 3.8) is 0 Å². The number of hydrogen-bond acceptors (Lipinski definition) is 3. The first-order chi connectivity index (χ1) is 11.3. The topological polar surface area (TPSA) is 58.6 Å². The van der Waals surface area contributed by atoms with E-state index in [0.717, 1.165) is 43.4 Å². The fourth-order valence-electron chi connectivity index (χ4n) is 3.92. The number of nitrogens with two attached hydrogens (primary N) is 1. The molecule has 1 aliphatic carbocycles. The second kappa shape index (κ2) is 6.97. The van der Waals surface area contributed by atoms with Gasteiger partial charge >= 0.3 is 0 Å². The highest BCUT2D eigenvalue weighted by Crippen LogP contribution is 2.45. The van der Waals surface area contributed by atoms with Gasteiger partial charge in [0.2, 0.25) is 0 Å².